The number of hydrogen-bond acceptors (Lipinski definition) is 3. The Hall–Kier alpha value is -2.49. The summed E-state index contributed by atoms with van der Waals surface area (Å²) in [5.74, 6) is 5.75. The fourth-order valence-electron chi connectivity index (χ4n) is 2.25. The molecular weight excluding hydrogens is 367 g/mol. The van der Waals surface area contributed by atoms with Crippen molar-refractivity contribution < 1.29 is 23.0 Å². The van der Waals surface area contributed by atoms with Crippen LogP contribution in [0.4, 0.5) is 13.2 Å². The number of hydrogen-bond donors (Lipinski definition) is 2. The number of halogens is 3. The highest BCUT2D eigenvalue weighted by Crippen LogP contribution is 2.33. The lowest BCUT2D eigenvalue weighted by molar-refractivity contribution is -0.137. The van der Waals surface area contributed by atoms with E-state index in [4.69, 9.17) is 4.74 Å². The molecule has 2 aromatic rings. The largest absolute Gasteiger partial charge is 0.490 e. The van der Waals surface area contributed by atoms with Crippen LogP contribution in [0, 0.1) is 11.8 Å². The molecule has 2 N–H and O–H groups in total. The Balaban J connectivity index is 2.20. The maximum Gasteiger partial charge on any atom is 0.416 e. The van der Waals surface area contributed by atoms with Crippen molar-refractivity contribution >= 4 is 0 Å². The van der Waals surface area contributed by atoms with Crippen molar-refractivity contribution in [3.8, 4) is 17.6 Å². The van der Waals surface area contributed by atoms with Crippen LogP contribution in [0.3, 0.4) is 0 Å². The van der Waals surface area contributed by atoms with Crippen LogP contribution in [-0.2, 0) is 6.18 Å². The summed E-state index contributed by atoms with van der Waals surface area (Å²) in [4.78, 5) is 0. The molecule has 6 heteroatoms. The fourth-order valence-corrected chi connectivity index (χ4v) is 2.25. The standard InChI is InChI=1S/C22H24F3NO2/c1-21(2,3)26-14-19(27)15-28-20-13-18(22(23,24)25)12-11-17(20)10-9-16-7-5-4-6-8-16/h4-8,11-13,19,26-27H,14-15H2,1-3H3. The summed E-state index contributed by atoms with van der Waals surface area (Å²) in [7, 11) is 0. The van der Waals surface area contributed by atoms with Crippen LogP contribution in [0.2, 0.25) is 0 Å². The SMILES string of the molecule is CC(C)(C)NCC(O)COc1cc(C(F)(F)F)ccc1C#Cc1ccccc1. The number of aliphatic hydroxyl groups is 1. The zero-order chi connectivity index (χ0) is 20.8. The van der Waals surface area contributed by atoms with Crippen molar-refractivity contribution in [2.24, 2.45) is 0 Å². The molecule has 3 nitrogen and oxygen atoms in total. The smallest absolute Gasteiger partial charge is 0.416 e. The second-order valence-corrected chi connectivity index (χ2v) is 7.42. The highest BCUT2D eigenvalue weighted by Gasteiger charge is 2.31. The molecule has 0 aliphatic heterocycles. The third-order valence-electron chi connectivity index (χ3n) is 3.72. The molecule has 0 spiro atoms. The minimum atomic E-state index is -4.49. The summed E-state index contributed by atoms with van der Waals surface area (Å²) in [6.07, 6.45) is -5.36. The number of nitrogens with one attached hydrogen (secondary N) is 1. The van der Waals surface area contributed by atoms with Crippen molar-refractivity contribution in [2.45, 2.75) is 38.6 Å². The highest BCUT2D eigenvalue weighted by molar-refractivity contribution is 5.51. The van der Waals surface area contributed by atoms with Gasteiger partial charge in [-0.3, -0.25) is 0 Å². The second-order valence-electron chi connectivity index (χ2n) is 7.42. The first-order valence-electron chi connectivity index (χ1n) is 8.89. The Morgan fingerprint density at radius 1 is 1.04 bits per heavy atom. The van der Waals surface area contributed by atoms with Gasteiger partial charge in [-0.2, -0.15) is 13.2 Å². The van der Waals surface area contributed by atoms with E-state index in [-0.39, 0.29) is 24.4 Å². The van der Waals surface area contributed by atoms with Gasteiger partial charge in [-0.15, -0.1) is 0 Å². The van der Waals surface area contributed by atoms with E-state index in [1.165, 1.54) is 6.07 Å². The van der Waals surface area contributed by atoms with Gasteiger partial charge in [0.05, 0.1) is 11.1 Å². The van der Waals surface area contributed by atoms with Gasteiger partial charge in [-0.1, -0.05) is 30.0 Å². The number of benzene rings is 2. The maximum absolute atomic E-state index is 13.1. The van der Waals surface area contributed by atoms with Crippen molar-refractivity contribution in [3.63, 3.8) is 0 Å². The Morgan fingerprint density at radius 2 is 1.71 bits per heavy atom. The summed E-state index contributed by atoms with van der Waals surface area (Å²) in [6, 6.07) is 12.3. The molecule has 0 saturated heterocycles. The molecule has 2 rings (SSSR count). The molecule has 0 heterocycles. The van der Waals surface area contributed by atoms with Crippen LogP contribution in [0.1, 0.15) is 37.5 Å². The summed E-state index contributed by atoms with van der Waals surface area (Å²) in [6.45, 7) is 5.96. The molecule has 2 aromatic carbocycles. The molecule has 1 atom stereocenters. The summed E-state index contributed by atoms with van der Waals surface area (Å²) in [5, 5.41) is 13.2. The number of ether oxygens (including phenoxy) is 1. The van der Waals surface area contributed by atoms with Crippen molar-refractivity contribution in [2.75, 3.05) is 13.2 Å². The lowest BCUT2D eigenvalue weighted by Crippen LogP contribution is -2.42. The monoisotopic (exact) mass is 391 g/mol. The van der Waals surface area contributed by atoms with E-state index in [2.05, 4.69) is 17.2 Å². The molecule has 0 radical (unpaired) electrons. The van der Waals surface area contributed by atoms with Crippen molar-refractivity contribution in [1.29, 1.82) is 0 Å². The Labute approximate surface area is 163 Å². The zero-order valence-corrected chi connectivity index (χ0v) is 16.1. The average Bonchev–Trinajstić information content (AvgIpc) is 2.62. The third kappa shape index (κ3) is 7.26. The fraction of sp³-hybridized carbons (Fsp3) is 0.364. The summed E-state index contributed by atoms with van der Waals surface area (Å²) < 4.78 is 44.6. The van der Waals surface area contributed by atoms with E-state index in [1.807, 2.05) is 39.0 Å². The van der Waals surface area contributed by atoms with Crippen LogP contribution < -0.4 is 10.1 Å². The van der Waals surface area contributed by atoms with Crippen LogP contribution in [0.25, 0.3) is 0 Å². The molecule has 0 fully saturated rings. The lowest BCUT2D eigenvalue weighted by Gasteiger charge is -2.23. The van der Waals surface area contributed by atoms with Gasteiger partial charge in [0, 0.05) is 17.6 Å². The maximum atomic E-state index is 13.1. The van der Waals surface area contributed by atoms with Gasteiger partial charge in [0.1, 0.15) is 18.5 Å². The number of β-amino-alcohol motifs (C(OH)–C–C–N with tert-alkyl or cyclic N) is 1. The molecule has 0 aliphatic carbocycles. The second kappa shape index (κ2) is 9.13. The van der Waals surface area contributed by atoms with Gasteiger partial charge in [0.25, 0.3) is 0 Å². The summed E-state index contributed by atoms with van der Waals surface area (Å²) >= 11 is 0. The average molecular weight is 391 g/mol. The van der Waals surface area contributed by atoms with Gasteiger partial charge in [-0.25, -0.2) is 0 Å². The number of rotatable bonds is 5. The minimum Gasteiger partial charge on any atom is -0.490 e. The predicted octanol–water partition coefficient (Wildman–Crippen LogP) is 4.23. The van der Waals surface area contributed by atoms with E-state index in [0.717, 1.165) is 17.7 Å². The van der Waals surface area contributed by atoms with Gasteiger partial charge in [-0.05, 0) is 51.1 Å². The number of alkyl halides is 3. The molecule has 0 saturated carbocycles. The first-order valence-corrected chi connectivity index (χ1v) is 8.89. The van der Waals surface area contributed by atoms with Crippen LogP contribution in [0.15, 0.2) is 48.5 Å². The first kappa shape index (κ1) is 21.8. The molecule has 1 unspecified atom stereocenters. The molecule has 0 aromatic heterocycles. The Morgan fingerprint density at radius 3 is 2.32 bits per heavy atom. The van der Waals surface area contributed by atoms with Gasteiger partial charge >= 0.3 is 6.18 Å². The van der Waals surface area contributed by atoms with Crippen LogP contribution in [-0.4, -0.2) is 29.9 Å². The summed E-state index contributed by atoms with van der Waals surface area (Å²) in [5.41, 5.74) is 0.0504. The van der Waals surface area contributed by atoms with Crippen LogP contribution in [0.5, 0.6) is 5.75 Å². The van der Waals surface area contributed by atoms with E-state index >= 15 is 0 Å². The molecule has 28 heavy (non-hydrogen) atoms. The van der Waals surface area contributed by atoms with E-state index in [0.29, 0.717) is 5.56 Å². The molecule has 150 valence electrons. The molecule has 0 amide bonds. The van der Waals surface area contributed by atoms with Crippen LogP contribution >= 0.6 is 0 Å². The zero-order valence-electron chi connectivity index (χ0n) is 16.1. The predicted molar refractivity (Wildman–Crippen MR) is 103 cm³/mol. The molecule has 0 aliphatic rings. The van der Waals surface area contributed by atoms with E-state index in [1.54, 1.807) is 12.1 Å². The normalized spacial score (nSPS) is 12.8. The Bertz CT molecular complexity index is 831. The molecular formula is C22H24F3NO2. The first-order chi connectivity index (χ1) is 13.0. The Kier molecular flexibility index (Phi) is 7.11. The topological polar surface area (TPSA) is 41.5 Å². The molecule has 0 bridgehead atoms. The van der Waals surface area contributed by atoms with Gasteiger partial charge < -0.3 is 15.2 Å². The third-order valence-corrected chi connectivity index (χ3v) is 3.72. The highest BCUT2D eigenvalue weighted by atomic mass is 19.4. The minimum absolute atomic E-state index is 0.00642. The lowest BCUT2D eigenvalue weighted by atomic mass is 10.1. The van der Waals surface area contributed by atoms with Gasteiger partial charge in [0.2, 0.25) is 0 Å². The van der Waals surface area contributed by atoms with E-state index < -0.39 is 17.8 Å². The van der Waals surface area contributed by atoms with Crippen molar-refractivity contribution in [3.05, 3.63) is 65.2 Å². The number of aliphatic hydroxyl groups excluding tert-OH is 1. The quantitative estimate of drug-likeness (QED) is 0.750. The van der Waals surface area contributed by atoms with Gasteiger partial charge in [0.15, 0.2) is 0 Å². The van der Waals surface area contributed by atoms with Crippen molar-refractivity contribution in [1.82, 2.24) is 5.32 Å². The van der Waals surface area contributed by atoms with E-state index in [9.17, 15) is 18.3 Å².